The number of hydrogen-bond acceptors (Lipinski definition) is 4. The van der Waals surface area contributed by atoms with Crippen molar-refractivity contribution in [3.63, 3.8) is 0 Å². The lowest BCUT2D eigenvalue weighted by Gasteiger charge is -2.17. The fraction of sp³-hybridized carbons (Fsp3) is 0.300. The van der Waals surface area contributed by atoms with E-state index in [-0.39, 0.29) is 5.88 Å². The van der Waals surface area contributed by atoms with Gasteiger partial charge in [0.05, 0.1) is 11.0 Å². The van der Waals surface area contributed by atoms with Crippen molar-refractivity contribution in [2.45, 2.75) is 19.4 Å². The second-order valence-corrected chi connectivity index (χ2v) is 3.74. The molecule has 0 saturated carbocycles. The van der Waals surface area contributed by atoms with Gasteiger partial charge in [0.25, 0.3) is 5.88 Å². The Bertz CT molecular complexity index is 468. The van der Waals surface area contributed by atoms with Gasteiger partial charge in [-0.15, -0.1) is 0 Å². The molecule has 0 radical (unpaired) electrons. The predicted molar refractivity (Wildman–Crippen MR) is 50.9 cm³/mol. The molecule has 74 valence electrons. The molecule has 0 atom stereocenters. The van der Waals surface area contributed by atoms with Crippen LogP contribution >= 0.6 is 0 Å². The van der Waals surface area contributed by atoms with Crippen molar-refractivity contribution in [1.82, 2.24) is 5.16 Å². The van der Waals surface area contributed by atoms with Gasteiger partial charge in [-0.05, 0) is 30.6 Å². The minimum atomic E-state index is -1.03. The monoisotopic (exact) mass is 193 g/mol. The summed E-state index contributed by atoms with van der Waals surface area (Å²) in [4.78, 5) is 0. The lowest BCUT2D eigenvalue weighted by molar-refractivity contribution is 0.0800. The Hall–Kier alpha value is -1.55. The fourth-order valence-corrected chi connectivity index (χ4v) is 1.49. The van der Waals surface area contributed by atoms with Crippen LogP contribution in [0.25, 0.3) is 11.0 Å². The van der Waals surface area contributed by atoms with Crippen LogP contribution in [0.1, 0.15) is 19.4 Å². The summed E-state index contributed by atoms with van der Waals surface area (Å²) in [7, 11) is 0. The van der Waals surface area contributed by atoms with Crippen LogP contribution in [0, 0.1) is 0 Å². The van der Waals surface area contributed by atoms with Crippen molar-refractivity contribution in [3.05, 3.63) is 23.8 Å². The third-order valence-corrected chi connectivity index (χ3v) is 2.14. The molecule has 4 heteroatoms. The minimum Gasteiger partial charge on any atom is -0.491 e. The highest BCUT2D eigenvalue weighted by molar-refractivity contribution is 5.86. The molecule has 2 aromatic rings. The summed E-state index contributed by atoms with van der Waals surface area (Å²) >= 11 is 0. The number of hydrogen-bond donors (Lipinski definition) is 2. The Morgan fingerprint density at radius 3 is 2.71 bits per heavy atom. The Morgan fingerprint density at radius 1 is 1.36 bits per heavy atom. The zero-order valence-electron chi connectivity index (χ0n) is 7.98. The topological polar surface area (TPSA) is 66.5 Å². The first kappa shape index (κ1) is 9.02. The van der Waals surface area contributed by atoms with Crippen molar-refractivity contribution in [2.75, 3.05) is 0 Å². The average Bonchev–Trinajstić information content (AvgIpc) is 2.46. The molecule has 0 saturated heterocycles. The van der Waals surface area contributed by atoms with Crippen molar-refractivity contribution < 1.29 is 14.7 Å². The van der Waals surface area contributed by atoms with E-state index in [2.05, 4.69) is 5.16 Å². The summed E-state index contributed by atoms with van der Waals surface area (Å²) in [5, 5.41) is 23.2. The second-order valence-electron chi connectivity index (χ2n) is 3.74. The Morgan fingerprint density at radius 2 is 2.07 bits per heavy atom. The van der Waals surface area contributed by atoms with Crippen molar-refractivity contribution in [1.29, 1.82) is 0 Å². The lowest BCUT2D eigenvalue weighted by atomic mass is 9.95. The highest BCUT2D eigenvalue weighted by Crippen LogP contribution is 2.33. The summed E-state index contributed by atoms with van der Waals surface area (Å²) in [5.41, 5.74) is 0.0543. The molecule has 0 unspecified atom stereocenters. The molecule has 0 amide bonds. The molecule has 4 nitrogen and oxygen atoms in total. The first-order valence-corrected chi connectivity index (χ1v) is 4.30. The number of aromatic hydroxyl groups is 1. The van der Waals surface area contributed by atoms with Gasteiger partial charge in [0.2, 0.25) is 0 Å². The van der Waals surface area contributed by atoms with Crippen LogP contribution in [-0.4, -0.2) is 15.4 Å². The van der Waals surface area contributed by atoms with Gasteiger partial charge in [-0.25, -0.2) is 0 Å². The number of fused-ring (bicyclic) bond motifs is 1. The van der Waals surface area contributed by atoms with Crippen LogP contribution in [0.15, 0.2) is 22.7 Å². The molecular formula is C10H11NO3. The van der Waals surface area contributed by atoms with E-state index in [1.54, 1.807) is 32.0 Å². The molecule has 0 fully saturated rings. The molecule has 0 aliphatic heterocycles. The summed E-state index contributed by atoms with van der Waals surface area (Å²) in [6, 6.07) is 5.18. The first-order valence-electron chi connectivity index (χ1n) is 4.30. The van der Waals surface area contributed by atoms with Gasteiger partial charge in [0.1, 0.15) is 0 Å². The zero-order valence-corrected chi connectivity index (χ0v) is 7.98. The number of aliphatic hydroxyl groups is 1. The van der Waals surface area contributed by atoms with Crippen LogP contribution in [0.4, 0.5) is 0 Å². The van der Waals surface area contributed by atoms with Gasteiger partial charge in [-0.2, -0.15) is 0 Å². The van der Waals surface area contributed by atoms with E-state index >= 15 is 0 Å². The summed E-state index contributed by atoms with van der Waals surface area (Å²) < 4.78 is 4.87. The smallest absolute Gasteiger partial charge is 0.260 e. The van der Waals surface area contributed by atoms with Crippen LogP contribution in [0.2, 0.25) is 0 Å². The highest BCUT2D eigenvalue weighted by atomic mass is 16.5. The quantitative estimate of drug-likeness (QED) is 0.724. The number of aromatic nitrogens is 1. The zero-order chi connectivity index (χ0) is 10.3. The highest BCUT2D eigenvalue weighted by Gasteiger charge is 2.22. The average molecular weight is 193 g/mol. The molecule has 0 bridgehead atoms. The number of benzene rings is 1. The Balaban J connectivity index is 2.82. The van der Waals surface area contributed by atoms with Gasteiger partial charge in [-0.3, -0.25) is 0 Å². The summed E-state index contributed by atoms with van der Waals surface area (Å²) in [6.07, 6.45) is 0. The third-order valence-electron chi connectivity index (χ3n) is 2.14. The van der Waals surface area contributed by atoms with E-state index in [0.717, 1.165) is 0 Å². The van der Waals surface area contributed by atoms with E-state index in [0.29, 0.717) is 16.5 Å². The summed E-state index contributed by atoms with van der Waals surface area (Å²) in [6.45, 7) is 3.29. The molecular weight excluding hydrogens is 182 g/mol. The molecule has 2 rings (SSSR count). The van der Waals surface area contributed by atoms with Crippen LogP contribution in [-0.2, 0) is 5.60 Å². The van der Waals surface area contributed by atoms with E-state index < -0.39 is 5.60 Å². The molecule has 1 aromatic carbocycles. The molecule has 2 N–H and O–H groups in total. The van der Waals surface area contributed by atoms with Crippen molar-refractivity contribution in [3.8, 4) is 5.88 Å². The predicted octanol–water partition coefficient (Wildman–Crippen LogP) is 1.76. The van der Waals surface area contributed by atoms with E-state index in [1.807, 2.05) is 0 Å². The standard InChI is InChI=1S/C10H11NO3/c1-10(2,13)6-4-3-5-7-8(6)9(12)11-14-7/h3-5,13H,1-2H3,(H,11,12). The normalized spacial score (nSPS) is 12.2. The van der Waals surface area contributed by atoms with E-state index in [4.69, 9.17) is 4.52 Å². The molecule has 0 aliphatic carbocycles. The van der Waals surface area contributed by atoms with Crippen LogP contribution in [0.5, 0.6) is 5.88 Å². The molecule has 0 spiro atoms. The maximum absolute atomic E-state index is 9.85. The van der Waals surface area contributed by atoms with E-state index in [9.17, 15) is 10.2 Å². The maximum Gasteiger partial charge on any atom is 0.260 e. The minimum absolute atomic E-state index is 0.183. The van der Waals surface area contributed by atoms with Gasteiger partial charge in [0, 0.05) is 0 Å². The molecule has 1 heterocycles. The van der Waals surface area contributed by atoms with Crippen molar-refractivity contribution in [2.24, 2.45) is 0 Å². The fourth-order valence-electron chi connectivity index (χ4n) is 1.49. The SMILES string of the molecule is CC(C)(O)c1cccc2onc(O)c12. The molecule has 0 aliphatic rings. The largest absolute Gasteiger partial charge is 0.491 e. The van der Waals surface area contributed by atoms with Gasteiger partial charge in [-0.1, -0.05) is 12.1 Å². The summed E-state index contributed by atoms with van der Waals surface area (Å²) in [5.74, 6) is -0.183. The van der Waals surface area contributed by atoms with Crippen LogP contribution < -0.4 is 0 Å². The van der Waals surface area contributed by atoms with Crippen molar-refractivity contribution >= 4 is 11.0 Å². The maximum atomic E-state index is 9.85. The Labute approximate surface area is 80.8 Å². The Kier molecular flexibility index (Phi) is 1.75. The molecule has 14 heavy (non-hydrogen) atoms. The van der Waals surface area contributed by atoms with Gasteiger partial charge >= 0.3 is 0 Å². The van der Waals surface area contributed by atoms with Gasteiger partial charge in [0.15, 0.2) is 5.58 Å². The third kappa shape index (κ3) is 1.24. The van der Waals surface area contributed by atoms with Gasteiger partial charge < -0.3 is 14.7 Å². The molecule has 1 aromatic heterocycles. The number of nitrogens with zero attached hydrogens (tertiary/aromatic N) is 1. The van der Waals surface area contributed by atoms with Crippen LogP contribution in [0.3, 0.4) is 0 Å². The lowest BCUT2D eigenvalue weighted by Crippen LogP contribution is -2.15. The second kappa shape index (κ2) is 2.72. The number of rotatable bonds is 1. The van der Waals surface area contributed by atoms with E-state index in [1.165, 1.54) is 0 Å². The first-order chi connectivity index (χ1) is 6.50.